The Morgan fingerprint density at radius 2 is 2.00 bits per heavy atom. The van der Waals surface area contributed by atoms with Crippen molar-refractivity contribution in [3.8, 4) is 11.6 Å². The monoisotopic (exact) mass is 276 g/mol. The fourth-order valence-corrected chi connectivity index (χ4v) is 1.86. The number of ether oxygens (including phenoxy) is 2. The Balaban J connectivity index is 1.96. The van der Waals surface area contributed by atoms with E-state index in [1.807, 2.05) is 12.1 Å². The van der Waals surface area contributed by atoms with Crippen LogP contribution in [0.3, 0.4) is 0 Å². The lowest BCUT2D eigenvalue weighted by Gasteiger charge is -2.09. The summed E-state index contributed by atoms with van der Waals surface area (Å²) >= 11 is 0. The van der Waals surface area contributed by atoms with Crippen molar-refractivity contribution in [2.24, 2.45) is 0 Å². The van der Waals surface area contributed by atoms with Gasteiger partial charge in [0, 0.05) is 30.9 Å². The number of hydrogen-bond acceptors (Lipinski definition) is 4. The smallest absolute Gasteiger partial charge is 0.213 e. The van der Waals surface area contributed by atoms with E-state index in [4.69, 9.17) is 9.47 Å². The third kappa shape index (κ3) is 3.45. The van der Waals surface area contributed by atoms with Gasteiger partial charge in [0.25, 0.3) is 0 Å². The summed E-state index contributed by atoms with van der Waals surface area (Å²) in [6.45, 7) is 1.03. The van der Waals surface area contributed by atoms with E-state index in [1.54, 1.807) is 31.5 Å². The number of nitrogens with zero attached hydrogens (tertiary/aromatic N) is 1. The van der Waals surface area contributed by atoms with E-state index in [0.717, 1.165) is 5.56 Å². The predicted octanol–water partition coefficient (Wildman–Crippen LogP) is 2.53. The van der Waals surface area contributed by atoms with Gasteiger partial charge in [-0.1, -0.05) is 12.1 Å². The topological polar surface area (TPSA) is 43.4 Å². The zero-order chi connectivity index (χ0) is 14.4. The Morgan fingerprint density at radius 3 is 2.75 bits per heavy atom. The first-order valence-electron chi connectivity index (χ1n) is 6.25. The summed E-state index contributed by atoms with van der Waals surface area (Å²) in [5, 5.41) is 3.18. The predicted molar refractivity (Wildman–Crippen MR) is 74.3 cm³/mol. The van der Waals surface area contributed by atoms with Crippen LogP contribution < -0.4 is 14.8 Å². The second-order valence-corrected chi connectivity index (χ2v) is 4.24. The lowest BCUT2D eigenvalue weighted by atomic mass is 10.2. The third-order valence-corrected chi connectivity index (χ3v) is 2.92. The average Bonchev–Trinajstić information content (AvgIpc) is 2.49. The SMILES string of the molecule is COc1cc(CNCc2cccc(OC)c2F)ccn1. The molecule has 0 saturated heterocycles. The molecule has 1 aromatic heterocycles. The fraction of sp³-hybridized carbons (Fsp3) is 0.267. The second kappa shape index (κ2) is 6.86. The number of methoxy groups -OCH3 is 2. The molecule has 1 N–H and O–H groups in total. The highest BCUT2D eigenvalue weighted by Crippen LogP contribution is 2.19. The molecule has 20 heavy (non-hydrogen) atoms. The molecule has 0 amide bonds. The average molecular weight is 276 g/mol. The number of halogens is 1. The van der Waals surface area contributed by atoms with Gasteiger partial charge in [0.05, 0.1) is 14.2 Å². The van der Waals surface area contributed by atoms with Gasteiger partial charge in [-0.25, -0.2) is 9.37 Å². The van der Waals surface area contributed by atoms with Crippen LogP contribution in [0.1, 0.15) is 11.1 Å². The molecule has 106 valence electrons. The summed E-state index contributed by atoms with van der Waals surface area (Å²) in [4.78, 5) is 4.03. The lowest BCUT2D eigenvalue weighted by Crippen LogP contribution is -2.14. The van der Waals surface area contributed by atoms with Crippen molar-refractivity contribution in [3.63, 3.8) is 0 Å². The molecule has 2 rings (SSSR count). The van der Waals surface area contributed by atoms with E-state index in [1.165, 1.54) is 7.11 Å². The molecule has 0 aliphatic heterocycles. The summed E-state index contributed by atoms with van der Waals surface area (Å²) in [6.07, 6.45) is 1.68. The normalized spacial score (nSPS) is 10.3. The van der Waals surface area contributed by atoms with Crippen molar-refractivity contribution in [2.75, 3.05) is 14.2 Å². The maximum Gasteiger partial charge on any atom is 0.213 e. The van der Waals surface area contributed by atoms with E-state index in [9.17, 15) is 4.39 Å². The fourth-order valence-electron chi connectivity index (χ4n) is 1.86. The van der Waals surface area contributed by atoms with Gasteiger partial charge in [-0.15, -0.1) is 0 Å². The van der Waals surface area contributed by atoms with Crippen LogP contribution in [0.25, 0.3) is 0 Å². The Bertz CT molecular complexity index is 576. The third-order valence-electron chi connectivity index (χ3n) is 2.92. The van der Waals surface area contributed by atoms with Gasteiger partial charge < -0.3 is 14.8 Å². The van der Waals surface area contributed by atoms with Crippen molar-refractivity contribution in [2.45, 2.75) is 13.1 Å². The molecule has 5 heteroatoms. The Kier molecular flexibility index (Phi) is 4.90. The highest BCUT2D eigenvalue weighted by molar-refractivity contribution is 5.31. The molecule has 0 bridgehead atoms. The van der Waals surface area contributed by atoms with E-state index >= 15 is 0 Å². The molecule has 0 aliphatic carbocycles. The van der Waals surface area contributed by atoms with E-state index in [0.29, 0.717) is 24.5 Å². The first-order chi connectivity index (χ1) is 9.74. The number of aromatic nitrogens is 1. The number of benzene rings is 1. The molecule has 4 nitrogen and oxygen atoms in total. The molecule has 0 radical (unpaired) electrons. The number of pyridine rings is 1. The van der Waals surface area contributed by atoms with Crippen LogP contribution in [0.5, 0.6) is 11.6 Å². The minimum absolute atomic E-state index is 0.259. The van der Waals surface area contributed by atoms with E-state index in [-0.39, 0.29) is 11.6 Å². The molecule has 0 saturated carbocycles. The van der Waals surface area contributed by atoms with E-state index < -0.39 is 0 Å². The first-order valence-corrected chi connectivity index (χ1v) is 6.25. The van der Waals surface area contributed by atoms with Gasteiger partial charge in [-0.05, 0) is 17.7 Å². The van der Waals surface area contributed by atoms with Crippen LogP contribution >= 0.6 is 0 Å². The first kappa shape index (κ1) is 14.3. The summed E-state index contributed by atoms with van der Waals surface area (Å²) in [6, 6.07) is 8.84. The van der Waals surface area contributed by atoms with Crippen LogP contribution in [0.2, 0.25) is 0 Å². The largest absolute Gasteiger partial charge is 0.494 e. The van der Waals surface area contributed by atoms with Gasteiger partial charge in [0.2, 0.25) is 5.88 Å². The minimum atomic E-state index is -0.324. The van der Waals surface area contributed by atoms with Crippen LogP contribution in [0, 0.1) is 5.82 Å². The maximum atomic E-state index is 13.9. The Labute approximate surface area is 117 Å². The van der Waals surface area contributed by atoms with Crippen molar-refractivity contribution >= 4 is 0 Å². The van der Waals surface area contributed by atoms with Gasteiger partial charge in [0.1, 0.15) is 0 Å². The zero-order valence-electron chi connectivity index (χ0n) is 11.5. The number of nitrogens with one attached hydrogen (secondary N) is 1. The lowest BCUT2D eigenvalue weighted by molar-refractivity contribution is 0.383. The molecule has 0 fully saturated rings. The Hall–Kier alpha value is -2.14. The minimum Gasteiger partial charge on any atom is -0.494 e. The van der Waals surface area contributed by atoms with Crippen LogP contribution in [0.4, 0.5) is 4.39 Å². The quantitative estimate of drug-likeness (QED) is 0.880. The van der Waals surface area contributed by atoms with Gasteiger partial charge >= 0.3 is 0 Å². The van der Waals surface area contributed by atoms with Gasteiger partial charge in [0.15, 0.2) is 11.6 Å². The summed E-state index contributed by atoms with van der Waals surface area (Å²) < 4.78 is 23.9. The highest BCUT2D eigenvalue weighted by atomic mass is 19.1. The number of hydrogen-bond donors (Lipinski definition) is 1. The van der Waals surface area contributed by atoms with Crippen LogP contribution in [0.15, 0.2) is 36.5 Å². The van der Waals surface area contributed by atoms with Crippen molar-refractivity contribution in [1.82, 2.24) is 10.3 Å². The molecule has 1 aromatic carbocycles. The zero-order valence-corrected chi connectivity index (χ0v) is 11.5. The summed E-state index contributed by atoms with van der Waals surface area (Å²) in [5.74, 6) is 0.501. The molecule has 0 unspecified atom stereocenters. The summed E-state index contributed by atoms with van der Waals surface area (Å²) in [5.41, 5.74) is 1.60. The van der Waals surface area contributed by atoms with Gasteiger partial charge in [-0.3, -0.25) is 0 Å². The molecule has 2 aromatic rings. The maximum absolute atomic E-state index is 13.9. The van der Waals surface area contributed by atoms with E-state index in [2.05, 4.69) is 10.3 Å². The second-order valence-electron chi connectivity index (χ2n) is 4.24. The molecular formula is C15H17FN2O2. The molecule has 0 aliphatic rings. The number of rotatable bonds is 6. The van der Waals surface area contributed by atoms with Crippen molar-refractivity contribution in [3.05, 3.63) is 53.5 Å². The van der Waals surface area contributed by atoms with Crippen molar-refractivity contribution < 1.29 is 13.9 Å². The molecular weight excluding hydrogens is 259 g/mol. The molecule has 1 heterocycles. The molecule has 0 spiro atoms. The van der Waals surface area contributed by atoms with Gasteiger partial charge in [-0.2, -0.15) is 0 Å². The van der Waals surface area contributed by atoms with Crippen molar-refractivity contribution in [1.29, 1.82) is 0 Å². The molecule has 0 atom stereocenters. The Morgan fingerprint density at radius 1 is 1.15 bits per heavy atom. The summed E-state index contributed by atoms with van der Waals surface area (Å²) in [7, 11) is 3.03. The van der Waals surface area contributed by atoms with Crippen LogP contribution in [-0.4, -0.2) is 19.2 Å². The van der Waals surface area contributed by atoms with Crippen LogP contribution in [-0.2, 0) is 13.1 Å². The highest BCUT2D eigenvalue weighted by Gasteiger charge is 2.07. The standard InChI is InChI=1S/C15H17FN2O2/c1-19-13-5-3-4-12(15(13)16)10-17-9-11-6-7-18-14(8-11)20-2/h3-8,17H,9-10H2,1-2H3.